The van der Waals surface area contributed by atoms with Crippen molar-refractivity contribution in [2.24, 2.45) is 0 Å². The summed E-state index contributed by atoms with van der Waals surface area (Å²) in [5.74, 6) is 1.29. The molecular weight excluding hydrogens is 216 g/mol. The molecule has 17 heavy (non-hydrogen) atoms. The standard InChI is InChI=1S/C13H16N2O2/c1-13(2,3)12-14-10-8(11(16)15-12)6-5-7-9(10)17-4/h5-7H,1-4H3,(H,14,15,16). The highest BCUT2D eigenvalue weighted by atomic mass is 16.5. The van der Waals surface area contributed by atoms with Gasteiger partial charge in [-0.25, -0.2) is 4.98 Å². The van der Waals surface area contributed by atoms with Crippen LogP contribution < -0.4 is 10.3 Å². The topological polar surface area (TPSA) is 55.0 Å². The average molecular weight is 232 g/mol. The molecule has 4 nitrogen and oxygen atoms in total. The molecule has 1 heterocycles. The van der Waals surface area contributed by atoms with Crippen molar-refractivity contribution in [2.45, 2.75) is 26.2 Å². The van der Waals surface area contributed by atoms with Crippen molar-refractivity contribution in [1.29, 1.82) is 0 Å². The van der Waals surface area contributed by atoms with Crippen LogP contribution in [-0.2, 0) is 5.41 Å². The quantitative estimate of drug-likeness (QED) is 0.820. The second kappa shape index (κ2) is 3.87. The van der Waals surface area contributed by atoms with E-state index >= 15 is 0 Å². The van der Waals surface area contributed by atoms with Crippen LogP contribution in [0, 0.1) is 0 Å². The number of nitrogens with zero attached hydrogens (tertiary/aromatic N) is 1. The Labute approximate surface area is 99.7 Å². The van der Waals surface area contributed by atoms with E-state index < -0.39 is 0 Å². The van der Waals surface area contributed by atoms with Gasteiger partial charge >= 0.3 is 0 Å². The summed E-state index contributed by atoms with van der Waals surface area (Å²) in [6, 6.07) is 5.34. The molecule has 0 aliphatic carbocycles. The Morgan fingerprint density at radius 1 is 1.29 bits per heavy atom. The van der Waals surface area contributed by atoms with Crippen molar-refractivity contribution < 1.29 is 4.74 Å². The fraction of sp³-hybridized carbons (Fsp3) is 0.385. The predicted molar refractivity (Wildman–Crippen MR) is 67.6 cm³/mol. The molecule has 0 fully saturated rings. The van der Waals surface area contributed by atoms with Gasteiger partial charge in [-0.15, -0.1) is 0 Å². The largest absolute Gasteiger partial charge is 0.494 e. The molecule has 0 radical (unpaired) electrons. The fourth-order valence-corrected chi connectivity index (χ4v) is 1.66. The van der Waals surface area contributed by atoms with Crippen molar-refractivity contribution in [3.05, 3.63) is 34.4 Å². The molecule has 0 amide bonds. The predicted octanol–water partition coefficient (Wildman–Crippen LogP) is 2.23. The lowest BCUT2D eigenvalue weighted by molar-refractivity contribution is 0.418. The highest BCUT2D eigenvalue weighted by Gasteiger charge is 2.19. The van der Waals surface area contributed by atoms with Gasteiger partial charge in [-0.1, -0.05) is 26.8 Å². The molecule has 2 aromatic rings. The van der Waals surface area contributed by atoms with E-state index in [0.717, 1.165) is 0 Å². The van der Waals surface area contributed by atoms with E-state index in [2.05, 4.69) is 9.97 Å². The summed E-state index contributed by atoms with van der Waals surface area (Å²) in [6.07, 6.45) is 0. The normalized spacial score (nSPS) is 11.8. The van der Waals surface area contributed by atoms with Crippen LogP contribution in [0.4, 0.5) is 0 Å². The smallest absolute Gasteiger partial charge is 0.258 e. The first-order valence-corrected chi connectivity index (χ1v) is 5.51. The summed E-state index contributed by atoms with van der Waals surface area (Å²) < 4.78 is 5.23. The number of hydrogen-bond donors (Lipinski definition) is 1. The third-order valence-corrected chi connectivity index (χ3v) is 2.63. The summed E-state index contributed by atoms with van der Waals surface area (Å²) in [7, 11) is 1.58. The number of methoxy groups -OCH3 is 1. The van der Waals surface area contributed by atoms with Gasteiger partial charge in [0, 0.05) is 5.41 Å². The monoisotopic (exact) mass is 232 g/mol. The molecule has 1 aromatic heterocycles. The van der Waals surface area contributed by atoms with Gasteiger partial charge < -0.3 is 9.72 Å². The number of ether oxygens (including phenoxy) is 1. The molecule has 90 valence electrons. The number of rotatable bonds is 1. The number of hydrogen-bond acceptors (Lipinski definition) is 3. The molecule has 4 heteroatoms. The third kappa shape index (κ3) is 2.02. The first kappa shape index (κ1) is 11.6. The van der Waals surface area contributed by atoms with E-state index in [0.29, 0.717) is 22.5 Å². The maximum atomic E-state index is 12.0. The van der Waals surface area contributed by atoms with Crippen LogP contribution in [0.1, 0.15) is 26.6 Å². The second-order valence-corrected chi connectivity index (χ2v) is 5.02. The minimum absolute atomic E-state index is 0.126. The summed E-state index contributed by atoms with van der Waals surface area (Å²) in [4.78, 5) is 19.3. The van der Waals surface area contributed by atoms with Gasteiger partial charge in [0.25, 0.3) is 5.56 Å². The van der Waals surface area contributed by atoms with E-state index in [4.69, 9.17) is 4.74 Å². The molecule has 0 saturated carbocycles. The molecule has 0 bridgehead atoms. The SMILES string of the molecule is COc1cccc2c(=O)[nH]c(C(C)(C)C)nc12. The van der Waals surface area contributed by atoms with Crippen molar-refractivity contribution in [1.82, 2.24) is 9.97 Å². The number of para-hydroxylation sites is 1. The maximum Gasteiger partial charge on any atom is 0.258 e. The van der Waals surface area contributed by atoms with E-state index in [1.54, 1.807) is 25.3 Å². The van der Waals surface area contributed by atoms with Crippen LogP contribution in [0.25, 0.3) is 10.9 Å². The number of fused-ring (bicyclic) bond motifs is 1. The van der Waals surface area contributed by atoms with Crippen LogP contribution in [-0.4, -0.2) is 17.1 Å². The Morgan fingerprint density at radius 3 is 2.59 bits per heavy atom. The summed E-state index contributed by atoms with van der Waals surface area (Å²) >= 11 is 0. The number of aromatic nitrogens is 2. The van der Waals surface area contributed by atoms with Crippen molar-refractivity contribution >= 4 is 10.9 Å². The Kier molecular flexibility index (Phi) is 2.65. The van der Waals surface area contributed by atoms with Crippen LogP contribution in [0.5, 0.6) is 5.75 Å². The number of benzene rings is 1. The molecule has 1 N–H and O–H groups in total. The summed E-state index contributed by atoms with van der Waals surface area (Å²) in [6.45, 7) is 6.02. The lowest BCUT2D eigenvalue weighted by atomic mass is 9.95. The van der Waals surface area contributed by atoms with Crippen molar-refractivity contribution in [2.75, 3.05) is 7.11 Å². The zero-order valence-electron chi connectivity index (χ0n) is 10.5. The van der Waals surface area contributed by atoms with Crippen LogP contribution in [0.2, 0.25) is 0 Å². The summed E-state index contributed by atoms with van der Waals surface area (Å²) in [5, 5.41) is 0.553. The van der Waals surface area contributed by atoms with Gasteiger partial charge in [0.2, 0.25) is 0 Å². The van der Waals surface area contributed by atoms with Gasteiger partial charge in [0.1, 0.15) is 17.1 Å². The van der Waals surface area contributed by atoms with Crippen LogP contribution in [0.3, 0.4) is 0 Å². The zero-order valence-corrected chi connectivity index (χ0v) is 10.5. The van der Waals surface area contributed by atoms with E-state index in [1.807, 2.05) is 20.8 Å². The van der Waals surface area contributed by atoms with Gasteiger partial charge in [-0.2, -0.15) is 0 Å². The highest BCUT2D eigenvalue weighted by molar-refractivity contribution is 5.83. The molecule has 0 atom stereocenters. The van der Waals surface area contributed by atoms with Gasteiger partial charge in [0.15, 0.2) is 0 Å². The van der Waals surface area contributed by atoms with E-state index in [-0.39, 0.29) is 11.0 Å². The first-order valence-electron chi connectivity index (χ1n) is 5.51. The lowest BCUT2D eigenvalue weighted by Gasteiger charge is -2.17. The molecule has 0 spiro atoms. The number of nitrogens with one attached hydrogen (secondary N) is 1. The lowest BCUT2D eigenvalue weighted by Crippen LogP contribution is -2.22. The summed E-state index contributed by atoms with van der Waals surface area (Å²) in [5.41, 5.74) is 0.288. The van der Waals surface area contributed by atoms with E-state index in [1.165, 1.54) is 0 Å². The molecule has 0 saturated heterocycles. The molecule has 0 unspecified atom stereocenters. The third-order valence-electron chi connectivity index (χ3n) is 2.63. The molecular formula is C13H16N2O2. The minimum atomic E-state index is -0.200. The Balaban J connectivity index is 2.84. The molecule has 0 aliphatic heterocycles. The number of H-pyrrole nitrogens is 1. The Bertz CT molecular complexity index is 609. The fourth-order valence-electron chi connectivity index (χ4n) is 1.66. The van der Waals surface area contributed by atoms with Gasteiger partial charge in [-0.3, -0.25) is 4.79 Å². The van der Waals surface area contributed by atoms with Gasteiger partial charge in [-0.05, 0) is 12.1 Å². The number of aromatic amines is 1. The molecule has 0 aliphatic rings. The molecule has 2 rings (SSSR count). The highest BCUT2D eigenvalue weighted by Crippen LogP contribution is 2.24. The minimum Gasteiger partial charge on any atom is -0.494 e. The second-order valence-electron chi connectivity index (χ2n) is 5.02. The maximum absolute atomic E-state index is 12.0. The Morgan fingerprint density at radius 2 is 2.00 bits per heavy atom. The van der Waals surface area contributed by atoms with Gasteiger partial charge in [0.05, 0.1) is 12.5 Å². The van der Waals surface area contributed by atoms with E-state index in [9.17, 15) is 4.79 Å². The van der Waals surface area contributed by atoms with Crippen LogP contribution in [0.15, 0.2) is 23.0 Å². The molecule has 1 aromatic carbocycles. The average Bonchev–Trinajstić information content (AvgIpc) is 2.27. The first-order chi connectivity index (χ1) is 7.93. The zero-order chi connectivity index (χ0) is 12.6. The Hall–Kier alpha value is -1.84. The van der Waals surface area contributed by atoms with Crippen molar-refractivity contribution in [3.8, 4) is 5.75 Å². The van der Waals surface area contributed by atoms with Crippen LogP contribution >= 0.6 is 0 Å². The van der Waals surface area contributed by atoms with Crippen molar-refractivity contribution in [3.63, 3.8) is 0 Å².